The molecule has 3 N–H and O–H groups in total. The van der Waals surface area contributed by atoms with Crippen molar-refractivity contribution in [3.8, 4) is 0 Å². The summed E-state index contributed by atoms with van der Waals surface area (Å²) in [5.41, 5.74) is 6.00. The number of carbonyl (C=O) groups is 1. The number of nitrogens with two attached hydrogens (primary N) is 1. The van der Waals surface area contributed by atoms with Crippen molar-refractivity contribution in [2.75, 3.05) is 24.2 Å². The first-order chi connectivity index (χ1) is 9.22. The van der Waals surface area contributed by atoms with Crippen molar-refractivity contribution in [1.82, 2.24) is 13.9 Å². The van der Waals surface area contributed by atoms with Crippen molar-refractivity contribution in [1.29, 1.82) is 0 Å². The number of esters is 1. The van der Waals surface area contributed by atoms with Crippen LogP contribution in [0.2, 0.25) is 0 Å². The van der Waals surface area contributed by atoms with Crippen molar-refractivity contribution >= 4 is 28.3 Å². The highest BCUT2D eigenvalue weighted by molar-refractivity contribution is 7.11. The Labute approximate surface area is 114 Å². The van der Waals surface area contributed by atoms with Gasteiger partial charge in [-0.1, -0.05) is 0 Å². The van der Waals surface area contributed by atoms with E-state index in [1.165, 1.54) is 0 Å². The topological polar surface area (TPSA) is 95.1 Å². The third kappa shape index (κ3) is 3.22. The minimum absolute atomic E-state index is 0.202. The molecule has 2 aromatic rings. The fourth-order valence-electron chi connectivity index (χ4n) is 1.54. The first kappa shape index (κ1) is 13.3. The summed E-state index contributed by atoms with van der Waals surface area (Å²) in [4.78, 5) is 15.7. The zero-order chi connectivity index (χ0) is 13.7. The lowest BCUT2D eigenvalue weighted by Crippen LogP contribution is -2.13. The van der Waals surface area contributed by atoms with Gasteiger partial charge >= 0.3 is 5.97 Å². The summed E-state index contributed by atoms with van der Waals surface area (Å²) in [5.74, 6) is -0.243. The molecule has 0 radical (unpaired) electrons. The molecule has 0 amide bonds. The van der Waals surface area contributed by atoms with Crippen LogP contribution in [0.3, 0.4) is 0 Å². The lowest BCUT2D eigenvalue weighted by atomic mass is 10.3. The highest BCUT2D eigenvalue weighted by Crippen LogP contribution is 2.27. The van der Waals surface area contributed by atoms with Crippen molar-refractivity contribution < 1.29 is 9.53 Å². The molecule has 102 valence electrons. The van der Waals surface area contributed by atoms with Gasteiger partial charge in [0.05, 0.1) is 12.9 Å². The zero-order valence-electron chi connectivity index (χ0n) is 10.5. The number of imidazole rings is 1. The predicted octanol–water partition coefficient (Wildman–Crippen LogP) is 1.21. The van der Waals surface area contributed by atoms with Gasteiger partial charge in [-0.05, 0) is 18.5 Å². The standard InChI is InChI=1S/C11H15N5O2S/c1-2-18-11(17)8-9(12)15-19-10(8)14-4-6-16-5-3-13-7-16/h3,5,7,14H,2,4,6H2,1H3,(H2,12,15). The van der Waals surface area contributed by atoms with E-state index < -0.39 is 5.97 Å². The predicted molar refractivity (Wildman–Crippen MR) is 73.2 cm³/mol. The molecule has 0 aromatic carbocycles. The summed E-state index contributed by atoms with van der Waals surface area (Å²) in [5, 5.41) is 3.77. The Morgan fingerprint density at radius 2 is 2.47 bits per heavy atom. The summed E-state index contributed by atoms with van der Waals surface area (Å²) in [7, 11) is 0. The van der Waals surface area contributed by atoms with Gasteiger partial charge in [-0.3, -0.25) is 0 Å². The van der Waals surface area contributed by atoms with Crippen molar-refractivity contribution in [3.05, 3.63) is 24.3 Å². The SMILES string of the molecule is CCOC(=O)c1c(N)nsc1NCCn1ccnc1. The summed E-state index contributed by atoms with van der Waals surface area (Å²) in [6, 6.07) is 0. The number of anilines is 2. The van der Waals surface area contributed by atoms with E-state index in [2.05, 4.69) is 14.7 Å². The van der Waals surface area contributed by atoms with Crippen molar-refractivity contribution in [2.24, 2.45) is 0 Å². The van der Waals surface area contributed by atoms with Gasteiger partial charge < -0.3 is 20.4 Å². The second kappa shape index (κ2) is 6.19. The molecule has 0 saturated heterocycles. The first-order valence-electron chi connectivity index (χ1n) is 5.84. The molecular formula is C11H15N5O2S. The number of aromatic nitrogens is 3. The van der Waals surface area contributed by atoms with Gasteiger partial charge in [0.15, 0.2) is 5.82 Å². The summed E-state index contributed by atoms with van der Waals surface area (Å²) in [6.45, 7) is 3.44. The normalized spacial score (nSPS) is 10.4. The number of hydrogen-bond acceptors (Lipinski definition) is 7. The average Bonchev–Trinajstić information content (AvgIpc) is 3.00. The Kier molecular flexibility index (Phi) is 4.35. The van der Waals surface area contributed by atoms with E-state index in [-0.39, 0.29) is 5.82 Å². The molecule has 2 rings (SSSR count). The minimum atomic E-state index is -0.445. The molecule has 2 aromatic heterocycles. The summed E-state index contributed by atoms with van der Waals surface area (Å²) in [6.07, 6.45) is 5.32. The lowest BCUT2D eigenvalue weighted by Gasteiger charge is -2.07. The van der Waals surface area contributed by atoms with Gasteiger partial charge in [0, 0.05) is 25.5 Å². The van der Waals surface area contributed by atoms with Crippen LogP contribution in [0.5, 0.6) is 0 Å². The molecule has 0 spiro atoms. The Hall–Kier alpha value is -2.09. The van der Waals surface area contributed by atoms with Crippen LogP contribution in [0, 0.1) is 0 Å². The van der Waals surface area contributed by atoms with Gasteiger partial charge in [-0.2, -0.15) is 4.37 Å². The van der Waals surface area contributed by atoms with Gasteiger partial charge in [0.2, 0.25) is 0 Å². The van der Waals surface area contributed by atoms with E-state index in [0.717, 1.165) is 18.1 Å². The molecule has 0 aliphatic carbocycles. The Bertz CT molecular complexity index is 537. The number of rotatable bonds is 6. The number of nitrogens with one attached hydrogen (secondary N) is 1. The molecule has 0 aliphatic heterocycles. The smallest absolute Gasteiger partial charge is 0.344 e. The Balaban J connectivity index is 1.98. The van der Waals surface area contributed by atoms with Crippen molar-refractivity contribution in [3.63, 3.8) is 0 Å². The van der Waals surface area contributed by atoms with Gasteiger partial charge in [-0.15, -0.1) is 0 Å². The first-order valence-corrected chi connectivity index (χ1v) is 6.61. The maximum absolute atomic E-state index is 11.7. The van der Waals surface area contributed by atoms with E-state index in [1.54, 1.807) is 19.4 Å². The molecule has 0 atom stereocenters. The minimum Gasteiger partial charge on any atom is -0.462 e. The van der Waals surface area contributed by atoms with Gasteiger partial charge in [0.25, 0.3) is 0 Å². The van der Waals surface area contributed by atoms with Crippen LogP contribution in [0.1, 0.15) is 17.3 Å². The van der Waals surface area contributed by atoms with Crippen LogP contribution in [0.15, 0.2) is 18.7 Å². The van der Waals surface area contributed by atoms with Crippen LogP contribution in [-0.2, 0) is 11.3 Å². The van der Waals surface area contributed by atoms with Crippen LogP contribution in [0.25, 0.3) is 0 Å². The van der Waals surface area contributed by atoms with Crippen LogP contribution in [0.4, 0.5) is 10.8 Å². The highest BCUT2D eigenvalue weighted by Gasteiger charge is 2.20. The second-order valence-electron chi connectivity index (χ2n) is 3.72. The number of ether oxygens (including phenoxy) is 1. The van der Waals surface area contributed by atoms with Gasteiger partial charge in [-0.25, -0.2) is 9.78 Å². The number of carbonyl (C=O) groups excluding carboxylic acids is 1. The maximum Gasteiger partial charge on any atom is 0.344 e. The third-order valence-electron chi connectivity index (χ3n) is 2.41. The van der Waals surface area contributed by atoms with E-state index in [4.69, 9.17) is 10.5 Å². The molecular weight excluding hydrogens is 266 g/mol. The summed E-state index contributed by atoms with van der Waals surface area (Å²) < 4.78 is 10.9. The molecule has 0 bridgehead atoms. The summed E-state index contributed by atoms with van der Waals surface area (Å²) >= 11 is 1.16. The largest absolute Gasteiger partial charge is 0.462 e. The number of nitrogens with zero attached hydrogens (tertiary/aromatic N) is 3. The molecule has 0 saturated carbocycles. The second-order valence-corrected chi connectivity index (χ2v) is 4.49. The zero-order valence-corrected chi connectivity index (χ0v) is 11.3. The molecule has 0 aliphatic rings. The monoisotopic (exact) mass is 281 g/mol. The lowest BCUT2D eigenvalue weighted by molar-refractivity contribution is 0.0529. The van der Waals surface area contributed by atoms with E-state index in [9.17, 15) is 4.79 Å². The average molecular weight is 281 g/mol. The van der Waals surface area contributed by atoms with E-state index in [0.29, 0.717) is 23.7 Å². The molecule has 8 heteroatoms. The molecule has 2 heterocycles. The van der Waals surface area contributed by atoms with E-state index >= 15 is 0 Å². The molecule has 0 unspecified atom stereocenters. The van der Waals surface area contributed by atoms with Crippen LogP contribution >= 0.6 is 11.5 Å². The van der Waals surface area contributed by atoms with Crippen LogP contribution in [-0.4, -0.2) is 33.0 Å². The molecule has 19 heavy (non-hydrogen) atoms. The number of hydrogen-bond donors (Lipinski definition) is 2. The van der Waals surface area contributed by atoms with Crippen molar-refractivity contribution in [2.45, 2.75) is 13.5 Å². The number of nitrogen functional groups attached to an aromatic ring is 1. The Morgan fingerprint density at radius 1 is 1.63 bits per heavy atom. The quantitative estimate of drug-likeness (QED) is 0.773. The molecule has 0 fully saturated rings. The molecule has 7 nitrogen and oxygen atoms in total. The fourth-order valence-corrected chi connectivity index (χ4v) is 2.27. The highest BCUT2D eigenvalue weighted by atomic mass is 32.1. The van der Waals surface area contributed by atoms with E-state index in [1.807, 2.05) is 10.8 Å². The third-order valence-corrected chi connectivity index (χ3v) is 3.23. The van der Waals surface area contributed by atoms with Gasteiger partial charge in [0.1, 0.15) is 10.6 Å². The maximum atomic E-state index is 11.7. The Morgan fingerprint density at radius 3 is 3.16 bits per heavy atom. The fraction of sp³-hybridized carbons (Fsp3) is 0.364. The van der Waals surface area contributed by atoms with Crippen LogP contribution < -0.4 is 11.1 Å².